The summed E-state index contributed by atoms with van der Waals surface area (Å²) < 4.78 is 0. The molecule has 0 radical (unpaired) electrons. The second-order valence-electron chi connectivity index (χ2n) is 3.94. The van der Waals surface area contributed by atoms with Crippen LogP contribution in [0.25, 0.3) is 0 Å². The van der Waals surface area contributed by atoms with Crippen LogP contribution in [0.1, 0.15) is 45.4 Å². The molecule has 1 fully saturated rings. The van der Waals surface area contributed by atoms with Gasteiger partial charge in [-0.05, 0) is 19.3 Å². The molecule has 4 heteroatoms. The Hall–Kier alpha value is 0.430. The largest absolute Gasteiger partial charge is 1.00 e. The summed E-state index contributed by atoms with van der Waals surface area (Å²) in [7, 11) is 0. The minimum atomic E-state index is -1.10. The van der Waals surface area contributed by atoms with Gasteiger partial charge in [-0.1, -0.05) is 26.2 Å². The van der Waals surface area contributed by atoms with Crippen molar-refractivity contribution in [2.24, 2.45) is 5.92 Å². The Kier molecular flexibility index (Phi) is 6.30. The molecular weight excluding hydrogens is 191 g/mol. The van der Waals surface area contributed by atoms with Crippen LogP contribution in [0.4, 0.5) is 0 Å². The molecule has 0 aromatic heterocycles. The topological polar surface area (TPSA) is 60.4 Å². The number of aliphatic carboxylic acids is 1. The van der Waals surface area contributed by atoms with Crippen molar-refractivity contribution in [3.8, 4) is 0 Å². The third kappa shape index (κ3) is 3.23. The third-order valence-electron chi connectivity index (χ3n) is 3.06. The maximum absolute atomic E-state index is 10.8. The quantitative estimate of drug-likeness (QED) is 0.520. The maximum atomic E-state index is 10.8. The van der Waals surface area contributed by atoms with Crippen LogP contribution in [-0.2, 0) is 4.79 Å². The molecule has 0 unspecified atom stereocenters. The number of carboxylic acids is 1. The van der Waals surface area contributed by atoms with Crippen LogP contribution >= 0.6 is 0 Å². The molecule has 1 N–H and O–H groups in total. The normalized spacial score (nSPS) is 22.1. The summed E-state index contributed by atoms with van der Waals surface area (Å²) in [5, 5.41) is 20.8. The molecule has 0 amide bonds. The number of carbonyl (C=O) groups excluding carboxylic acids is 1. The Morgan fingerprint density at radius 3 is 2.29 bits per heavy atom. The third-order valence-corrected chi connectivity index (χ3v) is 3.06. The summed E-state index contributed by atoms with van der Waals surface area (Å²) >= 11 is 0. The minimum absolute atomic E-state index is 0. The molecule has 1 saturated carbocycles. The summed E-state index contributed by atoms with van der Waals surface area (Å²) in [4.78, 5) is 10.8. The van der Waals surface area contributed by atoms with Crippen LogP contribution < -0.4 is 34.7 Å². The Morgan fingerprint density at radius 1 is 1.43 bits per heavy atom. The molecule has 14 heavy (non-hydrogen) atoms. The van der Waals surface area contributed by atoms with Gasteiger partial charge in [0.25, 0.3) is 0 Å². The SMILES string of the molecule is CC[C@H](C(=O)[O-])C1(O)CCCCC1.[Na+]. The van der Waals surface area contributed by atoms with Gasteiger partial charge in [0.15, 0.2) is 0 Å². The second kappa shape index (κ2) is 6.11. The molecule has 1 aliphatic carbocycles. The molecule has 76 valence electrons. The Labute approximate surface area is 107 Å². The average molecular weight is 208 g/mol. The van der Waals surface area contributed by atoms with Crippen molar-refractivity contribution in [2.45, 2.75) is 51.0 Å². The van der Waals surface area contributed by atoms with Crippen LogP contribution in [0.3, 0.4) is 0 Å². The monoisotopic (exact) mass is 208 g/mol. The Bertz CT molecular complexity index is 188. The van der Waals surface area contributed by atoms with Gasteiger partial charge in [-0.15, -0.1) is 0 Å². The van der Waals surface area contributed by atoms with E-state index in [1.807, 2.05) is 0 Å². The molecule has 3 nitrogen and oxygen atoms in total. The first kappa shape index (κ1) is 14.4. The van der Waals surface area contributed by atoms with Gasteiger partial charge in [-0.3, -0.25) is 0 Å². The van der Waals surface area contributed by atoms with E-state index >= 15 is 0 Å². The minimum Gasteiger partial charge on any atom is -0.550 e. The van der Waals surface area contributed by atoms with E-state index in [1.165, 1.54) is 0 Å². The zero-order valence-corrected chi connectivity index (χ0v) is 11.1. The predicted octanol–water partition coefficient (Wildman–Crippen LogP) is -2.54. The standard InChI is InChI=1S/C10H18O3.Na/c1-2-8(9(11)12)10(13)6-4-3-5-7-10;/h8,13H,2-7H2,1H3,(H,11,12);/q;+1/p-1/t8-;/m1./s1. The van der Waals surface area contributed by atoms with E-state index in [1.54, 1.807) is 6.92 Å². The van der Waals surface area contributed by atoms with E-state index in [2.05, 4.69) is 0 Å². The van der Waals surface area contributed by atoms with Crippen molar-refractivity contribution in [3.63, 3.8) is 0 Å². The van der Waals surface area contributed by atoms with E-state index in [0.717, 1.165) is 19.3 Å². The summed E-state index contributed by atoms with van der Waals surface area (Å²) in [6, 6.07) is 0. The molecule has 0 spiro atoms. The fourth-order valence-corrected chi connectivity index (χ4v) is 2.28. The van der Waals surface area contributed by atoms with Crippen LogP contribution in [-0.4, -0.2) is 16.7 Å². The molecule has 1 aliphatic rings. The predicted molar refractivity (Wildman–Crippen MR) is 46.8 cm³/mol. The number of carbonyl (C=O) groups is 1. The maximum Gasteiger partial charge on any atom is 1.00 e. The molecule has 0 aromatic carbocycles. The second-order valence-corrected chi connectivity index (χ2v) is 3.94. The molecule has 0 saturated heterocycles. The van der Waals surface area contributed by atoms with E-state index in [-0.39, 0.29) is 29.6 Å². The first-order valence-corrected chi connectivity index (χ1v) is 5.03. The zero-order chi connectivity index (χ0) is 9.90. The number of hydrogen-bond acceptors (Lipinski definition) is 3. The van der Waals surface area contributed by atoms with Gasteiger partial charge >= 0.3 is 29.6 Å². The van der Waals surface area contributed by atoms with E-state index in [9.17, 15) is 15.0 Å². The van der Waals surface area contributed by atoms with Crippen LogP contribution in [0.15, 0.2) is 0 Å². The first-order chi connectivity index (χ1) is 6.10. The van der Waals surface area contributed by atoms with Gasteiger partial charge in [-0.2, -0.15) is 0 Å². The van der Waals surface area contributed by atoms with E-state index < -0.39 is 17.5 Å². The van der Waals surface area contributed by atoms with Crippen molar-refractivity contribution in [3.05, 3.63) is 0 Å². The van der Waals surface area contributed by atoms with Gasteiger partial charge in [-0.25, -0.2) is 0 Å². The van der Waals surface area contributed by atoms with E-state index in [4.69, 9.17) is 0 Å². The molecule has 0 bridgehead atoms. The molecular formula is C10H17NaO3. The van der Waals surface area contributed by atoms with Gasteiger partial charge in [0.05, 0.1) is 5.60 Å². The average Bonchev–Trinajstić information content (AvgIpc) is 2.05. The molecule has 1 rings (SSSR count). The smallest absolute Gasteiger partial charge is 0.550 e. The van der Waals surface area contributed by atoms with Gasteiger partial charge in [0, 0.05) is 11.9 Å². The van der Waals surface area contributed by atoms with Gasteiger partial charge in [0.1, 0.15) is 0 Å². The molecule has 1 atom stereocenters. The van der Waals surface area contributed by atoms with Crippen LogP contribution in [0.2, 0.25) is 0 Å². The fraction of sp³-hybridized carbons (Fsp3) is 0.900. The number of rotatable bonds is 3. The van der Waals surface area contributed by atoms with Crippen molar-refractivity contribution >= 4 is 5.97 Å². The van der Waals surface area contributed by atoms with Crippen molar-refractivity contribution in [1.29, 1.82) is 0 Å². The molecule has 0 heterocycles. The van der Waals surface area contributed by atoms with E-state index in [0.29, 0.717) is 19.3 Å². The number of carboxylic acid groups (broad SMARTS) is 1. The van der Waals surface area contributed by atoms with Gasteiger partial charge in [0.2, 0.25) is 0 Å². The summed E-state index contributed by atoms with van der Waals surface area (Å²) in [5.74, 6) is -1.79. The van der Waals surface area contributed by atoms with Gasteiger partial charge < -0.3 is 15.0 Å². The van der Waals surface area contributed by atoms with Crippen molar-refractivity contribution < 1.29 is 44.6 Å². The first-order valence-electron chi connectivity index (χ1n) is 5.03. The summed E-state index contributed by atoms with van der Waals surface area (Å²) in [5.41, 5.74) is -0.994. The Morgan fingerprint density at radius 2 is 1.93 bits per heavy atom. The molecule has 0 aromatic rings. The number of aliphatic hydroxyl groups is 1. The fourth-order valence-electron chi connectivity index (χ4n) is 2.28. The Balaban J connectivity index is 0.00000169. The molecule has 0 aliphatic heterocycles. The summed E-state index contributed by atoms with van der Waals surface area (Å²) in [6.45, 7) is 1.78. The van der Waals surface area contributed by atoms with Crippen molar-refractivity contribution in [1.82, 2.24) is 0 Å². The van der Waals surface area contributed by atoms with Crippen LogP contribution in [0.5, 0.6) is 0 Å². The summed E-state index contributed by atoms with van der Waals surface area (Å²) in [6.07, 6.45) is 4.64. The zero-order valence-electron chi connectivity index (χ0n) is 9.08. The number of hydrogen-bond donors (Lipinski definition) is 1. The van der Waals surface area contributed by atoms with Crippen LogP contribution in [0, 0.1) is 5.92 Å². The van der Waals surface area contributed by atoms with Crippen molar-refractivity contribution in [2.75, 3.05) is 0 Å².